The fraction of sp³-hybridized carbons (Fsp3) is 0.294. The van der Waals surface area contributed by atoms with Gasteiger partial charge < -0.3 is 0 Å². The normalized spacial score (nSPS) is 19.2. The number of fused-ring (bicyclic) bond motifs is 3. The molecule has 2 aliphatic rings. The van der Waals surface area contributed by atoms with Crippen molar-refractivity contribution in [3.05, 3.63) is 46.7 Å². The number of nitrogens with zero attached hydrogens (tertiary/aromatic N) is 5. The molecule has 1 unspecified atom stereocenters. The SMILES string of the molecule is Cc1c[n+]2c(n1C)N=C1C2C(=O)N(Cc2ccccc2Cl)C(=O)N1C. The molecule has 0 bridgehead atoms. The molecular weight excluding hydrogens is 342 g/mol. The number of likely N-dealkylation sites (N-methyl/N-ethyl adjacent to an activating group) is 1. The number of urea groups is 1. The van der Waals surface area contributed by atoms with Crippen LogP contribution in [0.2, 0.25) is 5.02 Å². The summed E-state index contributed by atoms with van der Waals surface area (Å²) in [5, 5.41) is 0.528. The molecule has 0 radical (unpaired) electrons. The van der Waals surface area contributed by atoms with Gasteiger partial charge in [-0.25, -0.2) is 13.9 Å². The Morgan fingerprint density at radius 1 is 1.24 bits per heavy atom. The lowest BCUT2D eigenvalue weighted by atomic mass is 10.1. The van der Waals surface area contributed by atoms with Crippen LogP contribution in [0.15, 0.2) is 35.5 Å². The number of amides is 3. The molecule has 0 saturated carbocycles. The summed E-state index contributed by atoms with van der Waals surface area (Å²) < 4.78 is 3.71. The highest BCUT2D eigenvalue weighted by atomic mass is 35.5. The minimum absolute atomic E-state index is 0.132. The Morgan fingerprint density at radius 2 is 1.96 bits per heavy atom. The number of carbonyl (C=O) groups excluding carboxylic acids is 2. The molecule has 1 saturated heterocycles. The maximum Gasteiger partial charge on any atom is 0.401 e. The molecule has 2 aliphatic heterocycles. The third-order valence-electron chi connectivity index (χ3n) is 4.77. The molecule has 0 spiro atoms. The Kier molecular flexibility index (Phi) is 3.43. The van der Waals surface area contributed by atoms with E-state index in [9.17, 15) is 9.59 Å². The number of aryl methyl sites for hydroxylation is 1. The van der Waals surface area contributed by atoms with Crippen LogP contribution in [0.1, 0.15) is 17.3 Å². The first-order valence-electron chi connectivity index (χ1n) is 7.88. The lowest BCUT2D eigenvalue weighted by Crippen LogP contribution is -2.62. The van der Waals surface area contributed by atoms with E-state index in [1.807, 2.05) is 47.5 Å². The van der Waals surface area contributed by atoms with E-state index in [0.29, 0.717) is 16.8 Å². The standard InChI is InChI=1S/C17H17ClN5O2/c1-10-8-22-13-14(19-16(22)20(10)2)21(3)17(25)23(15(13)24)9-11-6-4-5-7-12(11)18/h4-8,13H,9H2,1-3H3/q+1. The molecule has 1 aromatic carbocycles. The first kappa shape index (κ1) is 15.8. The average molecular weight is 359 g/mol. The largest absolute Gasteiger partial charge is 0.401 e. The van der Waals surface area contributed by atoms with E-state index in [2.05, 4.69) is 4.99 Å². The first-order chi connectivity index (χ1) is 11.9. The number of benzene rings is 1. The van der Waals surface area contributed by atoms with Gasteiger partial charge in [0.25, 0.3) is 5.91 Å². The molecule has 0 aliphatic carbocycles. The number of hydrogen-bond acceptors (Lipinski definition) is 3. The summed E-state index contributed by atoms with van der Waals surface area (Å²) in [6.07, 6.45) is 1.88. The smallest absolute Gasteiger partial charge is 0.270 e. The minimum atomic E-state index is -0.625. The Balaban J connectivity index is 1.75. The second kappa shape index (κ2) is 5.42. The number of carbonyl (C=O) groups is 2. The second-order valence-electron chi connectivity index (χ2n) is 6.27. The van der Waals surface area contributed by atoms with Gasteiger partial charge in [0.05, 0.1) is 13.6 Å². The quantitative estimate of drug-likeness (QED) is 0.770. The van der Waals surface area contributed by atoms with Crippen molar-refractivity contribution in [3.8, 4) is 0 Å². The van der Waals surface area contributed by atoms with Crippen LogP contribution in [0.4, 0.5) is 10.7 Å². The van der Waals surface area contributed by atoms with Gasteiger partial charge in [0.1, 0.15) is 11.9 Å². The van der Waals surface area contributed by atoms with E-state index in [1.165, 1.54) is 9.80 Å². The van der Waals surface area contributed by atoms with Gasteiger partial charge in [-0.05, 0) is 18.6 Å². The van der Waals surface area contributed by atoms with Crippen LogP contribution in [0, 0.1) is 6.92 Å². The van der Waals surface area contributed by atoms with Crippen molar-refractivity contribution < 1.29 is 14.2 Å². The van der Waals surface area contributed by atoms with Gasteiger partial charge in [0.15, 0.2) is 0 Å². The highest BCUT2D eigenvalue weighted by Gasteiger charge is 2.52. The zero-order chi connectivity index (χ0) is 17.9. The molecule has 3 heterocycles. The van der Waals surface area contributed by atoms with Crippen LogP contribution in [0.3, 0.4) is 0 Å². The lowest BCUT2D eigenvalue weighted by Gasteiger charge is -2.33. The van der Waals surface area contributed by atoms with Crippen molar-refractivity contribution in [3.63, 3.8) is 0 Å². The minimum Gasteiger partial charge on any atom is -0.270 e. The summed E-state index contributed by atoms with van der Waals surface area (Å²) in [5.41, 5.74) is 1.72. The number of imide groups is 1. The number of imidazole rings is 1. The summed E-state index contributed by atoms with van der Waals surface area (Å²) in [4.78, 5) is 33.0. The van der Waals surface area contributed by atoms with E-state index < -0.39 is 12.1 Å². The fourth-order valence-electron chi connectivity index (χ4n) is 3.24. The Hall–Kier alpha value is -2.67. The predicted molar refractivity (Wildman–Crippen MR) is 91.6 cm³/mol. The summed E-state index contributed by atoms with van der Waals surface area (Å²) in [6, 6.07) is 6.18. The number of aromatic nitrogens is 2. The number of aliphatic imine (C=N–C) groups is 1. The predicted octanol–water partition coefficient (Wildman–Crippen LogP) is 1.95. The van der Waals surface area contributed by atoms with Gasteiger partial charge in [0.2, 0.25) is 11.9 Å². The Labute approximate surface area is 149 Å². The third kappa shape index (κ3) is 2.19. The highest BCUT2D eigenvalue weighted by Crippen LogP contribution is 2.30. The Morgan fingerprint density at radius 3 is 2.68 bits per heavy atom. The topological polar surface area (TPSA) is 61.8 Å². The van der Waals surface area contributed by atoms with Gasteiger partial charge in [-0.2, -0.15) is 0 Å². The van der Waals surface area contributed by atoms with E-state index in [4.69, 9.17) is 11.6 Å². The van der Waals surface area contributed by atoms with Gasteiger partial charge in [-0.3, -0.25) is 14.6 Å². The van der Waals surface area contributed by atoms with E-state index >= 15 is 0 Å². The second-order valence-corrected chi connectivity index (χ2v) is 6.67. The first-order valence-corrected chi connectivity index (χ1v) is 8.26. The molecular formula is C17H17ClN5O2+. The molecule has 1 atom stereocenters. The van der Waals surface area contributed by atoms with Gasteiger partial charge >= 0.3 is 12.0 Å². The molecule has 0 N–H and O–H groups in total. The van der Waals surface area contributed by atoms with E-state index in [0.717, 1.165) is 11.3 Å². The van der Waals surface area contributed by atoms with Crippen molar-refractivity contribution in [2.24, 2.45) is 12.0 Å². The molecule has 128 valence electrons. The maximum absolute atomic E-state index is 13.1. The fourth-order valence-corrected chi connectivity index (χ4v) is 3.43. The number of halogens is 1. The third-order valence-corrected chi connectivity index (χ3v) is 5.14. The van der Waals surface area contributed by atoms with Crippen LogP contribution in [0.25, 0.3) is 0 Å². The molecule has 4 rings (SSSR count). The van der Waals surface area contributed by atoms with E-state index in [1.54, 1.807) is 13.1 Å². The summed E-state index contributed by atoms with van der Waals surface area (Å²) in [7, 11) is 3.52. The van der Waals surface area contributed by atoms with E-state index in [-0.39, 0.29) is 12.5 Å². The number of amidine groups is 1. The maximum atomic E-state index is 13.1. The van der Waals surface area contributed by atoms with Crippen molar-refractivity contribution in [2.75, 3.05) is 7.05 Å². The van der Waals surface area contributed by atoms with Crippen molar-refractivity contribution >= 4 is 35.3 Å². The van der Waals surface area contributed by atoms with Crippen LogP contribution in [0.5, 0.6) is 0 Å². The number of rotatable bonds is 2. The zero-order valence-corrected chi connectivity index (χ0v) is 14.9. The monoisotopic (exact) mass is 358 g/mol. The van der Waals surface area contributed by atoms with Crippen molar-refractivity contribution in [1.82, 2.24) is 14.4 Å². The van der Waals surface area contributed by atoms with Gasteiger partial charge in [0, 0.05) is 12.1 Å². The van der Waals surface area contributed by atoms with Crippen LogP contribution in [-0.2, 0) is 18.4 Å². The molecule has 2 aromatic rings. The van der Waals surface area contributed by atoms with Gasteiger partial charge in [-0.15, -0.1) is 0 Å². The zero-order valence-electron chi connectivity index (χ0n) is 14.1. The van der Waals surface area contributed by atoms with Crippen LogP contribution < -0.4 is 4.57 Å². The summed E-state index contributed by atoms with van der Waals surface area (Å²) in [5.74, 6) is 0.817. The number of hydrogen-bond donors (Lipinski definition) is 0. The molecule has 7 nitrogen and oxygen atoms in total. The molecule has 1 aromatic heterocycles. The highest BCUT2D eigenvalue weighted by molar-refractivity contribution is 6.31. The molecule has 25 heavy (non-hydrogen) atoms. The molecule has 3 amide bonds. The Bertz CT molecular complexity index is 949. The van der Waals surface area contributed by atoms with Crippen LogP contribution in [-0.4, -0.2) is 39.2 Å². The van der Waals surface area contributed by atoms with Crippen molar-refractivity contribution in [2.45, 2.75) is 19.5 Å². The lowest BCUT2D eigenvalue weighted by molar-refractivity contribution is -0.677. The van der Waals surface area contributed by atoms with Crippen LogP contribution >= 0.6 is 11.6 Å². The molecule has 8 heteroatoms. The van der Waals surface area contributed by atoms with Gasteiger partial charge in [-0.1, -0.05) is 34.8 Å². The average Bonchev–Trinajstić information content (AvgIpc) is 3.08. The summed E-state index contributed by atoms with van der Waals surface area (Å²) in [6.45, 7) is 2.08. The molecule has 1 fully saturated rings. The van der Waals surface area contributed by atoms with Crippen molar-refractivity contribution in [1.29, 1.82) is 0 Å². The summed E-state index contributed by atoms with van der Waals surface area (Å²) >= 11 is 6.20.